The Hall–Kier alpha value is -6.68. The van der Waals surface area contributed by atoms with Gasteiger partial charge in [0.05, 0.1) is 0 Å². The minimum absolute atomic E-state index is 0.191. The lowest BCUT2D eigenvalue weighted by molar-refractivity contribution is -0.687. The molecule has 1 heterocycles. The fourth-order valence-corrected chi connectivity index (χ4v) is 6.97. The fourth-order valence-electron chi connectivity index (χ4n) is 6.97. The second-order valence-corrected chi connectivity index (χ2v) is 13.2. The topological polar surface area (TPSA) is 3.88 Å². The van der Waals surface area contributed by atoms with Crippen LogP contribution in [-0.2, 0) is 6.54 Å². The third-order valence-corrected chi connectivity index (χ3v) is 9.71. The van der Waals surface area contributed by atoms with Crippen molar-refractivity contribution >= 4 is 38.8 Å². The van der Waals surface area contributed by atoms with Crippen LogP contribution in [0.1, 0.15) is 5.56 Å². The molecule has 0 saturated heterocycles. The minimum atomic E-state index is -7.22. The molecule has 0 amide bonds. The van der Waals surface area contributed by atoms with Crippen LogP contribution in [0, 0.1) is 122 Å². The average Bonchev–Trinajstić information content (AvgIpc) is 3.26. The quantitative estimate of drug-likeness (QED) is 0.0516. The molecule has 0 saturated carbocycles. The van der Waals surface area contributed by atoms with Gasteiger partial charge in [0.25, 0.3) is 0 Å². The van der Waals surface area contributed by atoms with Gasteiger partial charge in [-0.1, -0.05) is 30.3 Å². The highest BCUT2D eigenvalue weighted by atomic mass is 19.2. The van der Waals surface area contributed by atoms with Crippen LogP contribution in [0.5, 0.6) is 0 Å². The average molecular weight is 917 g/mol. The SMILES string of the molecule is Fc1c(F)c(F)c([B-](c2c(F)c(F)c(F)c(F)c2F)(c2c(F)c(F)c(F)c(F)c2F)c2c(F)c(F)c(F)c(F)c2F)c(F)c1F.Fc1ccc2c[n+](Cc3ccccc3)ccc2c1. The minimum Gasteiger partial charge on any atom is -0.207 e. The summed E-state index contributed by atoms with van der Waals surface area (Å²) in [5.41, 5.74) is -13.1. The normalized spacial score (nSPS) is 11.6. The standard InChI is InChI=1S/C24BF20.C16H13FN/c26-5-1(6(27)14(35)21(42)13(5)34)25(2-7(28)15(36)22(43)16(37)8(2)29,3-9(30)17(38)23(44)18(39)10(3)31)4-11(32)19(40)24(45)20(41)12(4)33;17-16-7-6-15-12-18(9-8-14(15)10-16)11-13-4-2-1-3-5-13/h;1-10,12H,11H2/q-1;+1. The van der Waals surface area contributed by atoms with Gasteiger partial charge in [-0.15, -0.1) is 21.9 Å². The number of hydrogen-bond donors (Lipinski definition) is 0. The summed E-state index contributed by atoms with van der Waals surface area (Å²) >= 11 is 0. The van der Waals surface area contributed by atoms with Crippen molar-refractivity contribution in [3.63, 3.8) is 0 Å². The number of rotatable bonds is 6. The summed E-state index contributed by atoms with van der Waals surface area (Å²) in [7, 11) is 0. The molecule has 7 rings (SSSR count). The van der Waals surface area contributed by atoms with E-state index in [2.05, 4.69) is 16.7 Å². The van der Waals surface area contributed by atoms with Gasteiger partial charge in [-0.05, 0) is 23.6 Å². The molecule has 63 heavy (non-hydrogen) atoms. The Bertz CT molecular complexity index is 2610. The van der Waals surface area contributed by atoms with Gasteiger partial charge in [0, 0.05) is 17.0 Å². The van der Waals surface area contributed by atoms with Gasteiger partial charge in [0.15, 0.2) is 88.7 Å². The Morgan fingerprint density at radius 1 is 0.317 bits per heavy atom. The molecule has 7 aromatic rings. The maximum Gasteiger partial charge on any atom is 0.200 e. The molecule has 0 aliphatic carbocycles. The van der Waals surface area contributed by atoms with Gasteiger partial charge in [-0.2, -0.15) is 0 Å². The van der Waals surface area contributed by atoms with E-state index < -0.39 is 144 Å². The maximum atomic E-state index is 15.4. The number of pyridine rings is 1. The lowest BCUT2D eigenvalue weighted by Crippen LogP contribution is -2.81. The largest absolute Gasteiger partial charge is 0.207 e. The molecule has 0 bridgehead atoms. The zero-order valence-electron chi connectivity index (χ0n) is 30.0. The predicted octanol–water partition coefficient (Wildman–Crippen LogP) is 9.16. The second kappa shape index (κ2) is 16.9. The fraction of sp³-hybridized carbons (Fsp3) is 0.0250. The van der Waals surface area contributed by atoms with Crippen LogP contribution in [0.4, 0.5) is 92.2 Å². The molecular formula is C40H13BF21N. The molecular weight excluding hydrogens is 904 g/mol. The maximum absolute atomic E-state index is 15.4. The monoisotopic (exact) mass is 917 g/mol. The van der Waals surface area contributed by atoms with Gasteiger partial charge >= 0.3 is 0 Å². The number of hydrogen-bond acceptors (Lipinski definition) is 0. The third-order valence-electron chi connectivity index (χ3n) is 9.71. The number of aromatic nitrogens is 1. The highest BCUT2D eigenvalue weighted by Crippen LogP contribution is 2.31. The summed E-state index contributed by atoms with van der Waals surface area (Å²) in [6.07, 6.45) is -3.19. The molecule has 0 fully saturated rings. The second-order valence-electron chi connectivity index (χ2n) is 13.2. The van der Waals surface area contributed by atoms with Crippen LogP contribution in [0.2, 0.25) is 0 Å². The lowest BCUT2D eigenvalue weighted by Gasteiger charge is -2.44. The van der Waals surface area contributed by atoms with Crippen molar-refractivity contribution in [3.05, 3.63) is 195 Å². The molecule has 0 radical (unpaired) electrons. The molecule has 328 valence electrons. The number of fused-ring (bicyclic) bond motifs is 1. The number of nitrogens with zero attached hydrogens (tertiary/aromatic N) is 1. The Labute approximate surface area is 336 Å². The first-order valence-electron chi connectivity index (χ1n) is 16.9. The lowest BCUT2D eigenvalue weighted by atomic mass is 9.12. The molecule has 23 heteroatoms. The van der Waals surface area contributed by atoms with Gasteiger partial charge in [0.2, 0.25) is 0 Å². The predicted molar refractivity (Wildman–Crippen MR) is 179 cm³/mol. The van der Waals surface area contributed by atoms with Crippen molar-refractivity contribution in [2.45, 2.75) is 6.54 Å². The first-order valence-corrected chi connectivity index (χ1v) is 16.9. The van der Waals surface area contributed by atoms with E-state index in [4.69, 9.17) is 0 Å². The molecule has 0 aliphatic heterocycles. The Morgan fingerprint density at radius 3 is 0.937 bits per heavy atom. The summed E-state index contributed by atoms with van der Waals surface area (Å²) in [5.74, 6) is -71.6. The van der Waals surface area contributed by atoms with E-state index in [0.29, 0.717) is 0 Å². The molecule has 6 aromatic carbocycles. The van der Waals surface area contributed by atoms with E-state index in [0.717, 1.165) is 17.3 Å². The summed E-state index contributed by atoms with van der Waals surface area (Å²) in [6, 6.07) is 17.1. The van der Waals surface area contributed by atoms with Crippen LogP contribution in [0.15, 0.2) is 67.0 Å². The summed E-state index contributed by atoms with van der Waals surface area (Å²) in [5, 5.41) is 1.98. The summed E-state index contributed by atoms with van der Waals surface area (Å²) < 4.78 is 309. The van der Waals surface area contributed by atoms with Crippen molar-refractivity contribution in [2.75, 3.05) is 0 Å². The van der Waals surface area contributed by atoms with Crippen LogP contribution in [0.25, 0.3) is 10.8 Å². The first kappa shape index (κ1) is 45.8. The van der Waals surface area contributed by atoms with Gasteiger partial charge in [-0.3, -0.25) is 0 Å². The smallest absolute Gasteiger partial charge is 0.200 e. The van der Waals surface area contributed by atoms with E-state index in [1.807, 2.05) is 42.7 Å². The van der Waals surface area contributed by atoms with Crippen molar-refractivity contribution in [1.29, 1.82) is 0 Å². The van der Waals surface area contributed by atoms with Crippen molar-refractivity contribution in [1.82, 2.24) is 0 Å². The van der Waals surface area contributed by atoms with Gasteiger partial charge < -0.3 is 0 Å². The van der Waals surface area contributed by atoms with E-state index in [9.17, 15) is 57.1 Å². The molecule has 0 N–H and O–H groups in total. The molecule has 0 unspecified atom stereocenters. The zero-order chi connectivity index (χ0) is 46.7. The highest BCUT2D eigenvalue weighted by Gasteiger charge is 2.52. The van der Waals surface area contributed by atoms with Crippen molar-refractivity contribution in [3.8, 4) is 0 Å². The van der Waals surface area contributed by atoms with Gasteiger partial charge in [0.1, 0.15) is 58.5 Å². The van der Waals surface area contributed by atoms with E-state index in [-0.39, 0.29) is 5.82 Å². The number of halogens is 21. The Balaban J connectivity index is 0.000000302. The molecule has 0 spiro atoms. The highest BCUT2D eigenvalue weighted by molar-refractivity contribution is 7.20. The van der Waals surface area contributed by atoms with Gasteiger partial charge in [-0.25, -0.2) is 96.8 Å². The molecule has 1 aromatic heterocycles. The summed E-state index contributed by atoms with van der Waals surface area (Å²) in [6.45, 7) is 0.828. The number of benzene rings is 6. The van der Waals surface area contributed by atoms with Crippen LogP contribution in [0.3, 0.4) is 0 Å². The zero-order valence-corrected chi connectivity index (χ0v) is 30.0. The van der Waals surface area contributed by atoms with Crippen molar-refractivity contribution in [2.24, 2.45) is 0 Å². The third kappa shape index (κ3) is 7.25. The summed E-state index contributed by atoms with van der Waals surface area (Å²) in [4.78, 5) is 0. The van der Waals surface area contributed by atoms with E-state index in [1.54, 1.807) is 6.07 Å². The first-order chi connectivity index (χ1) is 29.5. The van der Waals surface area contributed by atoms with Crippen LogP contribution < -0.4 is 26.4 Å². The van der Waals surface area contributed by atoms with Crippen LogP contribution >= 0.6 is 0 Å². The Morgan fingerprint density at radius 2 is 0.619 bits per heavy atom. The van der Waals surface area contributed by atoms with Crippen LogP contribution in [-0.4, -0.2) is 6.15 Å². The van der Waals surface area contributed by atoms with E-state index in [1.165, 1.54) is 11.6 Å². The molecule has 0 aliphatic rings. The molecule has 0 atom stereocenters. The molecule has 1 nitrogen and oxygen atoms in total. The van der Waals surface area contributed by atoms with Crippen molar-refractivity contribution < 1.29 is 96.8 Å². The Kier molecular flexibility index (Phi) is 12.3. The van der Waals surface area contributed by atoms with E-state index >= 15 is 35.1 Å².